The molecule has 6 nitrogen and oxygen atoms in total. The Labute approximate surface area is 172 Å². The summed E-state index contributed by atoms with van der Waals surface area (Å²) in [5.41, 5.74) is 0. The minimum absolute atomic E-state index is 0.0152. The first-order chi connectivity index (χ1) is 14.3. The molecule has 2 heterocycles. The second kappa shape index (κ2) is 9.72. The lowest BCUT2D eigenvalue weighted by Crippen LogP contribution is -2.46. The van der Waals surface area contributed by atoms with Gasteiger partial charge in [-0.2, -0.15) is 0 Å². The molecular weight excluding hydrogens is 364 g/mol. The lowest BCUT2D eigenvalue weighted by molar-refractivity contribution is -0.126. The molecule has 1 N–H and O–H groups in total. The summed E-state index contributed by atoms with van der Waals surface area (Å²) in [5, 5.41) is 3.32. The maximum atomic E-state index is 12.9. The Morgan fingerprint density at radius 2 is 1.72 bits per heavy atom. The number of nitrogens with zero attached hydrogens (tertiary/aromatic N) is 3. The lowest BCUT2D eigenvalue weighted by Gasteiger charge is -2.34. The van der Waals surface area contributed by atoms with Gasteiger partial charge in [0, 0.05) is 31.5 Å². The standard InChI is InChI=1S/C23H30N4O2/c28-22(26-19-10-4-1-2-5-11-19)18-9-8-16-27(17-18)21-23(25-15-14-24-21)29-20-12-6-3-7-13-20/h3,6-7,12-15,18-19H,1-2,4-5,8-11,16-17H2,(H,26,28)/t18-/m1/s1. The molecular formula is C23H30N4O2. The number of rotatable bonds is 5. The quantitative estimate of drug-likeness (QED) is 0.765. The van der Waals surface area contributed by atoms with E-state index in [1.807, 2.05) is 30.3 Å². The molecule has 1 saturated carbocycles. The molecule has 4 rings (SSSR count). The molecule has 0 radical (unpaired) electrons. The highest BCUT2D eigenvalue weighted by Gasteiger charge is 2.29. The zero-order valence-electron chi connectivity index (χ0n) is 16.9. The average molecular weight is 395 g/mol. The van der Waals surface area contributed by atoms with Gasteiger partial charge in [-0.3, -0.25) is 4.79 Å². The van der Waals surface area contributed by atoms with Crippen molar-refractivity contribution >= 4 is 11.7 Å². The van der Waals surface area contributed by atoms with Crippen molar-refractivity contribution in [2.45, 2.75) is 57.4 Å². The van der Waals surface area contributed by atoms with Gasteiger partial charge in [0.25, 0.3) is 5.88 Å². The molecule has 154 valence electrons. The van der Waals surface area contributed by atoms with Crippen molar-refractivity contribution in [2.75, 3.05) is 18.0 Å². The van der Waals surface area contributed by atoms with E-state index in [-0.39, 0.29) is 11.8 Å². The first-order valence-corrected chi connectivity index (χ1v) is 10.9. The van der Waals surface area contributed by atoms with Gasteiger partial charge < -0.3 is 15.0 Å². The molecule has 1 saturated heterocycles. The van der Waals surface area contributed by atoms with Crippen molar-refractivity contribution in [3.8, 4) is 11.6 Å². The number of hydrogen-bond donors (Lipinski definition) is 1. The molecule has 1 aliphatic carbocycles. The van der Waals surface area contributed by atoms with Gasteiger partial charge in [0.05, 0.1) is 5.92 Å². The highest BCUT2D eigenvalue weighted by atomic mass is 16.5. The number of carbonyl (C=O) groups is 1. The van der Waals surface area contributed by atoms with Crippen LogP contribution in [0.2, 0.25) is 0 Å². The normalized spacial score (nSPS) is 20.7. The Morgan fingerprint density at radius 3 is 2.52 bits per heavy atom. The van der Waals surface area contributed by atoms with Gasteiger partial charge in [-0.25, -0.2) is 9.97 Å². The summed E-state index contributed by atoms with van der Waals surface area (Å²) in [6.45, 7) is 1.51. The van der Waals surface area contributed by atoms with E-state index in [1.54, 1.807) is 12.4 Å². The second-order valence-corrected chi connectivity index (χ2v) is 8.08. The second-order valence-electron chi connectivity index (χ2n) is 8.08. The van der Waals surface area contributed by atoms with E-state index in [2.05, 4.69) is 20.2 Å². The van der Waals surface area contributed by atoms with Crippen LogP contribution in [0.25, 0.3) is 0 Å². The van der Waals surface area contributed by atoms with E-state index in [0.717, 1.165) is 38.0 Å². The number of ether oxygens (including phenoxy) is 1. The Bertz CT molecular complexity index is 790. The highest BCUT2D eigenvalue weighted by molar-refractivity contribution is 5.80. The van der Waals surface area contributed by atoms with Gasteiger partial charge in [0.2, 0.25) is 5.91 Å². The molecule has 2 aliphatic rings. The molecule has 1 aromatic heterocycles. The molecule has 2 fully saturated rings. The average Bonchev–Trinajstić information content (AvgIpc) is 3.04. The number of anilines is 1. The van der Waals surface area contributed by atoms with Crippen LogP contribution in [0.4, 0.5) is 5.82 Å². The van der Waals surface area contributed by atoms with Crippen molar-refractivity contribution in [2.24, 2.45) is 5.92 Å². The van der Waals surface area contributed by atoms with E-state index < -0.39 is 0 Å². The molecule has 1 atom stereocenters. The Balaban J connectivity index is 1.42. The first-order valence-electron chi connectivity index (χ1n) is 10.9. The van der Waals surface area contributed by atoms with E-state index in [9.17, 15) is 4.79 Å². The van der Waals surface area contributed by atoms with Gasteiger partial charge in [-0.1, -0.05) is 43.9 Å². The van der Waals surface area contributed by atoms with E-state index in [0.29, 0.717) is 24.3 Å². The fraction of sp³-hybridized carbons (Fsp3) is 0.522. The van der Waals surface area contributed by atoms with Crippen molar-refractivity contribution in [1.82, 2.24) is 15.3 Å². The highest BCUT2D eigenvalue weighted by Crippen LogP contribution is 2.31. The minimum Gasteiger partial charge on any atom is -0.436 e. The van der Waals surface area contributed by atoms with Crippen molar-refractivity contribution < 1.29 is 9.53 Å². The van der Waals surface area contributed by atoms with Crippen LogP contribution in [-0.2, 0) is 4.79 Å². The molecule has 0 bridgehead atoms. The third kappa shape index (κ3) is 5.25. The van der Waals surface area contributed by atoms with Gasteiger partial charge in [0.1, 0.15) is 5.75 Å². The molecule has 2 aromatic rings. The van der Waals surface area contributed by atoms with Crippen LogP contribution in [0.3, 0.4) is 0 Å². The van der Waals surface area contributed by atoms with Crippen LogP contribution in [-0.4, -0.2) is 35.0 Å². The third-order valence-electron chi connectivity index (χ3n) is 5.90. The lowest BCUT2D eigenvalue weighted by atomic mass is 9.96. The van der Waals surface area contributed by atoms with Crippen LogP contribution in [0, 0.1) is 5.92 Å². The number of benzene rings is 1. The number of piperidine rings is 1. The SMILES string of the molecule is O=C(NC1CCCCCC1)[C@@H]1CCCN(c2nccnc2Oc2ccccc2)C1. The Morgan fingerprint density at radius 1 is 0.966 bits per heavy atom. The van der Waals surface area contributed by atoms with Crippen molar-refractivity contribution in [1.29, 1.82) is 0 Å². The van der Waals surface area contributed by atoms with Crippen LogP contribution in [0.5, 0.6) is 11.6 Å². The van der Waals surface area contributed by atoms with Gasteiger partial charge in [-0.05, 0) is 37.8 Å². The van der Waals surface area contributed by atoms with Crippen molar-refractivity contribution in [3.63, 3.8) is 0 Å². The van der Waals surface area contributed by atoms with Gasteiger partial charge in [0.15, 0.2) is 5.82 Å². The number of carbonyl (C=O) groups excluding carboxylic acids is 1. The largest absolute Gasteiger partial charge is 0.436 e. The summed E-state index contributed by atoms with van der Waals surface area (Å²) in [7, 11) is 0. The van der Waals surface area contributed by atoms with Crippen LogP contribution < -0.4 is 15.0 Å². The summed E-state index contributed by atoms with van der Waals surface area (Å²) in [4.78, 5) is 24.0. The number of para-hydroxylation sites is 1. The number of amides is 1. The summed E-state index contributed by atoms with van der Waals surface area (Å²) >= 11 is 0. The summed E-state index contributed by atoms with van der Waals surface area (Å²) < 4.78 is 5.98. The topological polar surface area (TPSA) is 67.4 Å². The Kier molecular flexibility index (Phi) is 6.60. The summed E-state index contributed by atoms with van der Waals surface area (Å²) in [5.74, 6) is 2.11. The van der Waals surface area contributed by atoms with Gasteiger partial charge >= 0.3 is 0 Å². The van der Waals surface area contributed by atoms with E-state index in [1.165, 1.54) is 25.7 Å². The fourth-order valence-corrected chi connectivity index (χ4v) is 4.33. The number of hydrogen-bond acceptors (Lipinski definition) is 5. The fourth-order valence-electron chi connectivity index (χ4n) is 4.33. The van der Waals surface area contributed by atoms with Crippen LogP contribution in [0.15, 0.2) is 42.7 Å². The smallest absolute Gasteiger partial charge is 0.263 e. The van der Waals surface area contributed by atoms with E-state index >= 15 is 0 Å². The Hall–Kier alpha value is -2.63. The molecule has 6 heteroatoms. The third-order valence-corrected chi connectivity index (χ3v) is 5.90. The van der Waals surface area contributed by atoms with Crippen LogP contribution in [0.1, 0.15) is 51.4 Å². The summed E-state index contributed by atoms with van der Waals surface area (Å²) in [6, 6.07) is 9.95. The predicted octanol–water partition coefficient (Wildman–Crippen LogP) is 4.32. The molecule has 29 heavy (non-hydrogen) atoms. The zero-order valence-corrected chi connectivity index (χ0v) is 16.9. The molecule has 1 amide bonds. The number of nitrogens with one attached hydrogen (secondary N) is 1. The summed E-state index contributed by atoms with van der Waals surface area (Å²) in [6.07, 6.45) is 12.5. The number of aromatic nitrogens is 2. The molecule has 1 aliphatic heterocycles. The van der Waals surface area contributed by atoms with E-state index in [4.69, 9.17) is 4.74 Å². The maximum Gasteiger partial charge on any atom is 0.263 e. The zero-order chi connectivity index (χ0) is 19.9. The minimum atomic E-state index is -0.0152. The predicted molar refractivity (Wildman–Crippen MR) is 113 cm³/mol. The molecule has 1 aromatic carbocycles. The van der Waals surface area contributed by atoms with Crippen molar-refractivity contribution in [3.05, 3.63) is 42.7 Å². The van der Waals surface area contributed by atoms with Crippen LogP contribution >= 0.6 is 0 Å². The first kappa shape index (κ1) is 19.7. The maximum absolute atomic E-state index is 12.9. The van der Waals surface area contributed by atoms with Gasteiger partial charge in [-0.15, -0.1) is 0 Å². The monoisotopic (exact) mass is 394 g/mol. The molecule has 0 spiro atoms. The molecule has 0 unspecified atom stereocenters.